The molecule has 0 aromatic heterocycles. The smallest absolute Gasteiger partial charge is 0.169 e. The Hall–Kier alpha value is -2.66. The van der Waals surface area contributed by atoms with Crippen LogP contribution in [-0.2, 0) is 6.61 Å². The monoisotopic (exact) mass is 338 g/mol. The van der Waals surface area contributed by atoms with Gasteiger partial charge in [-0.15, -0.1) is 0 Å². The fourth-order valence-corrected chi connectivity index (χ4v) is 3.29. The molecule has 1 N–H and O–H groups in total. The number of para-hydroxylation sites is 3. The number of ether oxygens (including phenoxy) is 2. The maximum atomic E-state index is 9.52. The summed E-state index contributed by atoms with van der Waals surface area (Å²) in [5.74, 6) is 2.41. The highest BCUT2D eigenvalue weighted by Gasteiger charge is 2.20. The Balaban J connectivity index is 1.39. The van der Waals surface area contributed by atoms with E-state index >= 15 is 0 Å². The van der Waals surface area contributed by atoms with Crippen LogP contribution in [0.5, 0.6) is 11.5 Å². The third-order valence-corrected chi connectivity index (χ3v) is 4.60. The lowest BCUT2D eigenvalue weighted by Crippen LogP contribution is -2.44. The van der Waals surface area contributed by atoms with Crippen LogP contribution in [0.2, 0.25) is 0 Å². The van der Waals surface area contributed by atoms with E-state index in [1.165, 1.54) is 0 Å². The van der Waals surface area contributed by atoms with Gasteiger partial charge in [-0.2, -0.15) is 0 Å². The first-order valence-corrected chi connectivity index (χ1v) is 8.61. The number of anilines is 1. The number of rotatable bonds is 3. The van der Waals surface area contributed by atoms with E-state index in [1.54, 1.807) is 0 Å². The highest BCUT2D eigenvalue weighted by atomic mass is 16.6. The van der Waals surface area contributed by atoms with E-state index in [1.807, 2.05) is 42.5 Å². The van der Waals surface area contributed by atoms with Gasteiger partial charge in [0.25, 0.3) is 0 Å². The molecule has 2 heterocycles. The Labute approximate surface area is 147 Å². The fourth-order valence-electron chi connectivity index (χ4n) is 3.29. The van der Waals surface area contributed by atoms with Crippen molar-refractivity contribution in [1.29, 1.82) is 0 Å². The molecule has 25 heavy (non-hydrogen) atoms. The minimum absolute atomic E-state index is 0.0744. The summed E-state index contributed by atoms with van der Waals surface area (Å²) in [6.07, 6.45) is 2.06. The number of aliphatic hydroxyl groups excluding tert-OH is 1. The van der Waals surface area contributed by atoms with Crippen molar-refractivity contribution in [2.24, 2.45) is 0 Å². The second-order valence-corrected chi connectivity index (χ2v) is 6.24. The summed E-state index contributed by atoms with van der Waals surface area (Å²) in [5.41, 5.74) is 2.11. The average molecular weight is 338 g/mol. The van der Waals surface area contributed by atoms with Crippen molar-refractivity contribution in [2.75, 3.05) is 37.7 Å². The van der Waals surface area contributed by atoms with Crippen molar-refractivity contribution in [3.8, 4) is 11.5 Å². The predicted molar refractivity (Wildman–Crippen MR) is 96.8 cm³/mol. The van der Waals surface area contributed by atoms with Gasteiger partial charge in [0.2, 0.25) is 0 Å². The number of fused-ring (bicyclic) bond motifs is 1. The zero-order valence-electron chi connectivity index (χ0n) is 14.1. The summed E-state index contributed by atoms with van der Waals surface area (Å²) < 4.78 is 11.7. The Morgan fingerprint density at radius 2 is 1.64 bits per heavy atom. The lowest BCUT2D eigenvalue weighted by molar-refractivity contribution is 0.220. The van der Waals surface area contributed by atoms with Gasteiger partial charge in [-0.05, 0) is 18.2 Å². The Bertz CT molecular complexity index is 767. The van der Waals surface area contributed by atoms with E-state index in [9.17, 15) is 5.11 Å². The number of hydrogen-bond acceptors (Lipinski definition) is 5. The molecular formula is C20H22N2O3. The molecule has 0 aliphatic carbocycles. The van der Waals surface area contributed by atoms with Crippen LogP contribution < -0.4 is 14.4 Å². The minimum Gasteiger partial charge on any atom is -0.482 e. The molecule has 0 amide bonds. The molecule has 0 atom stereocenters. The molecule has 0 bridgehead atoms. The molecule has 2 aromatic rings. The van der Waals surface area contributed by atoms with Crippen LogP contribution in [0.1, 0.15) is 5.56 Å². The second-order valence-electron chi connectivity index (χ2n) is 6.24. The summed E-state index contributed by atoms with van der Waals surface area (Å²) >= 11 is 0. The van der Waals surface area contributed by atoms with Gasteiger partial charge in [0, 0.05) is 43.6 Å². The third kappa shape index (κ3) is 3.42. The van der Waals surface area contributed by atoms with Crippen LogP contribution in [0.3, 0.4) is 0 Å². The number of nitrogens with zero attached hydrogens (tertiary/aromatic N) is 2. The topological polar surface area (TPSA) is 45.2 Å². The molecule has 5 nitrogen and oxygen atoms in total. The molecule has 130 valence electrons. The van der Waals surface area contributed by atoms with Crippen molar-refractivity contribution < 1.29 is 14.6 Å². The van der Waals surface area contributed by atoms with Crippen LogP contribution in [0, 0.1) is 0 Å². The first-order valence-electron chi connectivity index (χ1n) is 8.61. The molecule has 2 aliphatic rings. The lowest BCUT2D eigenvalue weighted by atomic mass is 10.1. The maximum Gasteiger partial charge on any atom is 0.169 e. The number of benzene rings is 2. The number of aliphatic hydroxyl groups is 1. The van der Waals surface area contributed by atoms with Crippen molar-refractivity contribution >= 4 is 5.69 Å². The van der Waals surface area contributed by atoms with Gasteiger partial charge in [0.05, 0.1) is 6.61 Å². The van der Waals surface area contributed by atoms with Gasteiger partial charge in [0.1, 0.15) is 6.61 Å². The van der Waals surface area contributed by atoms with Crippen LogP contribution in [-0.4, -0.2) is 42.8 Å². The Kier molecular flexibility index (Phi) is 4.48. The summed E-state index contributed by atoms with van der Waals surface area (Å²) in [7, 11) is 0. The summed E-state index contributed by atoms with van der Waals surface area (Å²) in [4.78, 5) is 4.60. The number of hydrogen-bond donors (Lipinski definition) is 1. The third-order valence-electron chi connectivity index (χ3n) is 4.60. The highest BCUT2D eigenvalue weighted by molar-refractivity contribution is 5.53. The van der Waals surface area contributed by atoms with Gasteiger partial charge >= 0.3 is 0 Å². The Morgan fingerprint density at radius 1 is 0.920 bits per heavy atom. The second kappa shape index (κ2) is 7.07. The van der Waals surface area contributed by atoms with Gasteiger partial charge in [-0.1, -0.05) is 30.3 Å². The number of piperazine rings is 1. The molecule has 0 radical (unpaired) electrons. The normalized spacial score (nSPS) is 18.5. The lowest BCUT2D eigenvalue weighted by Gasteiger charge is -2.37. The maximum absolute atomic E-state index is 9.52. The quantitative estimate of drug-likeness (QED) is 0.932. The van der Waals surface area contributed by atoms with E-state index in [0.717, 1.165) is 54.7 Å². The van der Waals surface area contributed by atoms with E-state index in [0.29, 0.717) is 6.61 Å². The summed E-state index contributed by atoms with van der Waals surface area (Å²) in [6.45, 7) is 4.19. The van der Waals surface area contributed by atoms with Crippen molar-refractivity contribution in [3.63, 3.8) is 0 Å². The molecule has 4 rings (SSSR count). The highest BCUT2D eigenvalue weighted by Crippen LogP contribution is 2.32. The molecule has 1 saturated heterocycles. The van der Waals surface area contributed by atoms with Gasteiger partial charge in [-0.25, -0.2) is 0 Å². The molecule has 0 spiro atoms. The molecule has 0 saturated carbocycles. The first kappa shape index (κ1) is 15.8. The molecule has 5 heteroatoms. The fraction of sp³-hybridized carbons (Fsp3) is 0.300. The zero-order chi connectivity index (χ0) is 17.1. The van der Waals surface area contributed by atoms with Crippen LogP contribution in [0.25, 0.3) is 0 Å². The van der Waals surface area contributed by atoms with E-state index in [4.69, 9.17) is 9.47 Å². The van der Waals surface area contributed by atoms with Crippen LogP contribution in [0.15, 0.2) is 60.5 Å². The molecule has 2 aromatic carbocycles. The van der Waals surface area contributed by atoms with Crippen molar-refractivity contribution in [3.05, 3.63) is 66.1 Å². The van der Waals surface area contributed by atoms with Crippen LogP contribution >= 0.6 is 0 Å². The molecule has 2 aliphatic heterocycles. The van der Waals surface area contributed by atoms with Crippen LogP contribution in [0.4, 0.5) is 5.69 Å². The van der Waals surface area contributed by atoms with E-state index < -0.39 is 0 Å². The summed E-state index contributed by atoms with van der Waals surface area (Å²) in [6, 6.07) is 15.8. The SMILES string of the molecule is OCc1ccccc1N1CCN(C=C2COc3ccccc3O2)CC1. The largest absolute Gasteiger partial charge is 0.482 e. The van der Waals surface area contributed by atoms with E-state index in [-0.39, 0.29) is 6.61 Å². The Morgan fingerprint density at radius 3 is 2.44 bits per heavy atom. The van der Waals surface area contributed by atoms with Crippen molar-refractivity contribution in [2.45, 2.75) is 6.61 Å². The summed E-state index contributed by atoms with van der Waals surface area (Å²) in [5, 5.41) is 9.52. The average Bonchev–Trinajstić information content (AvgIpc) is 2.68. The standard InChI is InChI=1S/C20H22N2O3/c23-14-16-5-1-2-6-18(16)22-11-9-21(10-12-22)13-17-15-24-19-7-3-4-8-20(19)25-17/h1-8,13,23H,9-12,14-15H2. The minimum atomic E-state index is 0.0744. The molecule has 0 unspecified atom stereocenters. The first-order chi connectivity index (χ1) is 12.3. The van der Waals surface area contributed by atoms with Crippen molar-refractivity contribution in [1.82, 2.24) is 4.90 Å². The van der Waals surface area contributed by atoms with Gasteiger partial charge in [0.15, 0.2) is 17.3 Å². The predicted octanol–water partition coefficient (Wildman–Crippen LogP) is 2.61. The molecule has 1 fully saturated rings. The zero-order valence-corrected chi connectivity index (χ0v) is 14.1. The van der Waals surface area contributed by atoms with Gasteiger partial charge in [-0.3, -0.25) is 0 Å². The van der Waals surface area contributed by atoms with E-state index in [2.05, 4.69) is 22.1 Å². The van der Waals surface area contributed by atoms with Gasteiger partial charge < -0.3 is 24.4 Å². The molecular weight excluding hydrogens is 316 g/mol.